The normalized spacial score (nSPS) is 12.1. The summed E-state index contributed by atoms with van der Waals surface area (Å²) in [5, 5.41) is 3.95. The Kier molecular flexibility index (Phi) is 5.12. The summed E-state index contributed by atoms with van der Waals surface area (Å²) in [6.45, 7) is 3.30. The lowest BCUT2D eigenvalue weighted by atomic mass is 10.2. The Balaban J connectivity index is 1.74. The molecule has 1 N–H and O–H groups in total. The third-order valence-corrected chi connectivity index (χ3v) is 2.99. The van der Waals surface area contributed by atoms with E-state index in [1.807, 2.05) is 31.2 Å². The highest BCUT2D eigenvalue weighted by Crippen LogP contribution is 2.22. The third kappa shape index (κ3) is 4.19. The molecular weight excluding hydrogens is 262 g/mol. The zero-order valence-electron chi connectivity index (χ0n) is 10.7. The van der Waals surface area contributed by atoms with Crippen molar-refractivity contribution in [3.05, 3.63) is 53.6 Å². The van der Waals surface area contributed by atoms with Crippen molar-refractivity contribution in [1.82, 2.24) is 15.3 Å². The average Bonchev–Trinajstić information content (AvgIpc) is 2.46. The van der Waals surface area contributed by atoms with Gasteiger partial charge in [-0.15, -0.1) is 0 Å². The molecule has 0 saturated carbocycles. The van der Waals surface area contributed by atoms with E-state index >= 15 is 0 Å². The monoisotopic (exact) mass is 277 g/mol. The molecule has 0 radical (unpaired) electrons. The Morgan fingerprint density at radius 3 is 2.89 bits per heavy atom. The van der Waals surface area contributed by atoms with Crippen LogP contribution in [0, 0.1) is 0 Å². The van der Waals surface area contributed by atoms with E-state index in [-0.39, 0.29) is 6.04 Å². The van der Waals surface area contributed by atoms with Crippen molar-refractivity contribution in [2.45, 2.75) is 13.0 Å². The average molecular weight is 278 g/mol. The quantitative estimate of drug-likeness (QED) is 0.825. The fourth-order valence-electron chi connectivity index (χ4n) is 1.64. The van der Waals surface area contributed by atoms with Gasteiger partial charge >= 0.3 is 0 Å². The number of hydrogen-bond acceptors (Lipinski definition) is 4. The van der Waals surface area contributed by atoms with Crippen LogP contribution >= 0.6 is 11.6 Å². The Morgan fingerprint density at radius 2 is 2.16 bits per heavy atom. The molecule has 100 valence electrons. The fourth-order valence-corrected chi connectivity index (χ4v) is 1.83. The van der Waals surface area contributed by atoms with Crippen molar-refractivity contribution in [3.63, 3.8) is 0 Å². The highest BCUT2D eigenvalue weighted by atomic mass is 35.5. The van der Waals surface area contributed by atoms with Gasteiger partial charge in [0.15, 0.2) is 0 Å². The molecule has 0 aliphatic rings. The first-order valence-electron chi connectivity index (χ1n) is 6.14. The zero-order valence-corrected chi connectivity index (χ0v) is 11.5. The fraction of sp³-hybridized carbons (Fsp3) is 0.286. The van der Waals surface area contributed by atoms with Gasteiger partial charge in [0.25, 0.3) is 0 Å². The Bertz CT molecular complexity index is 507. The second kappa shape index (κ2) is 7.07. The number of hydrogen-bond donors (Lipinski definition) is 1. The third-order valence-electron chi connectivity index (χ3n) is 2.67. The van der Waals surface area contributed by atoms with Crippen LogP contribution in [0.4, 0.5) is 0 Å². The molecule has 1 aromatic carbocycles. The first kappa shape index (κ1) is 13.8. The van der Waals surface area contributed by atoms with Crippen LogP contribution < -0.4 is 10.1 Å². The van der Waals surface area contributed by atoms with E-state index in [9.17, 15) is 0 Å². The molecule has 5 heteroatoms. The summed E-state index contributed by atoms with van der Waals surface area (Å²) in [5.41, 5.74) is 0.917. The molecule has 0 amide bonds. The van der Waals surface area contributed by atoms with E-state index in [1.54, 1.807) is 18.6 Å². The molecule has 2 rings (SSSR count). The lowest BCUT2D eigenvalue weighted by Crippen LogP contribution is -2.25. The molecule has 0 saturated heterocycles. The summed E-state index contributed by atoms with van der Waals surface area (Å²) in [4.78, 5) is 8.28. The Hall–Kier alpha value is -1.65. The van der Waals surface area contributed by atoms with Gasteiger partial charge in [-0.2, -0.15) is 0 Å². The van der Waals surface area contributed by atoms with Crippen molar-refractivity contribution in [3.8, 4) is 5.75 Å². The van der Waals surface area contributed by atoms with Crippen LogP contribution in [0.2, 0.25) is 5.02 Å². The standard InChI is InChI=1S/C14H16ClN3O/c1-11(13-10-16-6-7-18-13)17-8-9-19-14-5-3-2-4-12(14)15/h2-7,10-11,17H,8-9H2,1H3/t11-/m1/s1. The maximum atomic E-state index is 6.00. The number of benzene rings is 1. The predicted octanol–water partition coefficient (Wildman–Crippen LogP) is 2.86. The predicted molar refractivity (Wildman–Crippen MR) is 75.4 cm³/mol. The smallest absolute Gasteiger partial charge is 0.137 e. The van der Waals surface area contributed by atoms with Crippen molar-refractivity contribution in [1.29, 1.82) is 0 Å². The van der Waals surface area contributed by atoms with Gasteiger partial charge in [-0.1, -0.05) is 23.7 Å². The highest BCUT2D eigenvalue weighted by Gasteiger charge is 2.05. The van der Waals surface area contributed by atoms with E-state index in [0.717, 1.165) is 5.69 Å². The van der Waals surface area contributed by atoms with E-state index in [2.05, 4.69) is 15.3 Å². The molecule has 0 spiro atoms. The van der Waals surface area contributed by atoms with Gasteiger partial charge in [-0.3, -0.25) is 9.97 Å². The number of ether oxygens (including phenoxy) is 1. The molecule has 0 bridgehead atoms. The largest absolute Gasteiger partial charge is 0.491 e. The number of nitrogens with zero attached hydrogens (tertiary/aromatic N) is 2. The number of para-hydroxylation sites is 1. The van der Waals surface area contributed by atoms with Gasteiger partial charge in [0.05, 0.1) is 10.7 Å². The van der Waals surface area contributed by atoms with Gasteiger partial charge in [0, 0.05) is 31.2 Å². The topological polar surface area (TPSA) is 47.0 Å². The van der Waals surface area contributed by atoms with Crippen LogP contribution in [0.3, 0.4) is 0 Å². The van der Waals surface area contributed by atoms with Crippen LogP contribution in [0.5, 0.6) is 5.75 Å². The number of halogens is 1. The molecule has 1 heterocycles. The second-order valence-electron chi connectivity index (χ2n) is 4.08. The molecule has 2 aromatic rings. The lowest BCUT2D eigenvalue weighted by molar-refractivity contribution is 0.307. The molecule has 0 fully saturated rings. The minimum Gasteiger partial charge on any atom is -0.491 e. The first-order chi connectivity index (χ1) is 9.27. The van der Waals surface area contributed by atoms with Crippen LogP contribution in [0.1, 0.15) is 18.7 Å². The number of rotatable bonds is 6. The molecule has 19 heavy (non-hydrogen) atoms. The van der Waals surface area contributed by atoms with E-state index < -0.39 is 0 Å². The highest BCUT2D eigenvalue weighted by molar-refractivity contribution is 6.32. The van der Waals surface area contributed by atoms with Gasteiger partial charge in [-0.25, -0.2) is 0 Å². The molecule has 1 atom stereocenters. The minimum atomic E-state index is 0.142. The molecule has 1 aromatic heterocycles. The minimum absolute atomic E-state index is 0.142. The zero-order chi connectivity index (χ0) is 13.5. The van der Waals surface area contributed by atoms with Gasteiger partial charge in [0.1, 0.15) is 12.4 Å². The van der Waals surface area contributed by atoms with Crippen LogP contribution in [-0.2, 0) is 0 Å². The summed E-state index contributed by atoms with van der Waals surface area (Å²) in [6.07, 6.45) is 5.11. The molecule has 0 aliphatic carbocycles. The van der Waals surface area contributed by atoms with Crippen molar-refractivity contribution >= 4 is 11.6 Å². The van der Waals surface area contributed by atoms with Gasteiger partial charge < -0.3 is 10.1 Å². The molecular formula is C14H16ClN3O. The summed E-state index contributed by atoms with van der Waals surface area (Å²) in [5.74, 6) is 0.707. The number of aromatic nitrogens is 2. The Labute approximate surface area is 117 Å². The second-order valence-corrected chi connectivity index (χ2v) is 4.49. The summed E-state index contributed by atoms with van der Waals surface area (Å²) >= 11 is 6.00. The van der Waals surface area contributed by atoms with Gasteiger partial charge in [-0.05, 0) is 19.1 Å². The maximum Gasteiger partial charge on any atom is 0.137 e. The molecule has 4 nitrogen and oxygen atoms in total. The van der Waals surface area contributed by atoms with Crippen molar-refractivity contribution < 1.29 is 4.74 Å². The van der Waals surface area contributed by atoms with E-state index in [4.69, 9.17) is 16.3 Å². The van der Waals surface area contributed by atoms with E-state index in [0.29, 0.717) is 23.9 Å². The van der Waals surface area contributed by atoms with Crippen molar-refractivity contribution in [2.75, 3.05) is 13.2 Å². The molecule has 0 unspecified atom stereocenters. The first-order valence-corrected chi connectivity index (χ1v) is 6.52. The molecule has 0 aliphatic heterocycles. The maximum absolute atomic E-state index is 6.00. The number of nitrogens with one attached hydrogen (secondary N) is 1. The van der Waals surface area contributed by atoms with Crippen LogP contribution in [0.25, 0.3) is 0 Å². The SMILES string of the molecule is C[C@@H](NCCOc1ccccc1Cl)c1cnccn1. The van der Waals surface area contributed by atoms with Gasteiger partial charge in [0.2, 0.25) is 0 Å². The Morgan fingerprint density at radius 1 is 1.32 bits per heavy atom. The summed E-state index contributed by atoms with van der Waals surface area (Å²) in [6, 6.07) is 7.59. The van der Waals surface area contributed by atoms with E-state index in [1.165, 1.54) is 0 Å². The summed E-state index contributed by atoms with van der Waals surface area (Å²) in [7, 11) is 0. The van der Waals surface area contributed by atoms with Crippen molar-refractivity contribution in [2.24, 2.45) is 0 Å². The van der Waals surface area contributed by atoms with Crippen LogP contribution in [-0.4, -0.2) is 23.1 Å². The summed E-state index contributed by atoms with van der Waals surface area (Å²) < 4.78 is 5.59. The lowest BCUT2D eigenvalue weighted by Gasteiger charge is -2.13. The van der Waals surface area contributed by atoms with Crippen LogP contribution in [0.15, 0.2) is 42.9 Å².